The Morgan fingerprint density at radius 1 is 1.22 bits per heavy atom. The Kier molecular flexibility index (Phi) is 8.02. The first-order valence-corrected chi connectivity index (χ1v) is 8.22. The van der Waals surface area contributed by atoms with Crippen LogP contribution in [0.4, 0.5) is 0 Å². The van der Waals surface area contributed by atoms with Gasteiger partial charge in [-0.2, -0.15) is 0 Å². The molecule has 1 saturated heterocycles. The van der Waals surface area contributed by atoms with Crippen LogP contribution in [0.1, 0.15) is 52.9 Å². The number of rotatable bonds is 9. The summed E-state index contributed by atoms with van der Waals surface area (Å²) in [6, 6.07) is -0.923. The third kappa shape index (κ3) is 7.97. The number of carbonyl (C=O) groups excluding carboxylic acids is 2. The number of carbonyl (C=O) groups is 3. The van der Waals surface area contributed by atoms with Crippen molar-refractivity contribution in [2.45, 2.75) is 71.1 Å². The summed E-state index contributed by atoms with van der Waals surface area (Å²) in [5.74, 6) is -1.62. The number of hydrogen-bond acceptors (Lipinski definition) is 4. The molecule has 0 radical (unpaired) electrons. The predicted molar refractivity (Wildman–Crippen MR) is 84.8 cm³/mol. The Labute approximate surface area is 137 Å². The summed E-state index contributed by atoms with van der Waals surface area (Å²) in [5.41, 5.74) is 0. The van der Waals surface area contributed by atoms with Crippen LogP contribution in [0.25, 0.3) is 0 Å². The Bertz CT molecular complexity index is 425. The molecule has 2 unspecified atom stereocenters. The molecule has 0 aromatic rings. The van der Waals surface area contributed by atoms with Gasteiger partial charge in [0.05, 0.1) is 18.8 Å². The third-order valence-corrected chi connectivity index (χ3v) is 3.80. The lowest BCUT2D eigenvalue weighted by Gasteiger charge is -2.16. The minimum Gasteiger partial charge on any atom is -0.480 e. The van der Waals surface area contributed by atoms with Gasteiger partial charge in [-0.05, 0) is 38.5 Å². The van der Waals surface area contributed by atoms with Crippen molar-refractivity contribution in [3.8, 4) is 0 Å². The van der Waals surface area contributed by atoms with Crippen LogP contribution in [0.3, 0.4) is 0 Å². The van der Waals surface area contributed by atoms with Crippen molar-refractivity contribution >= 4 is 17.8 Å². The second-order valence-corrected chi connectivity index (χ2v) is 6.55. The first kappa shape index (κ1) is 19.4. The number of carboxylic acids is 1. The van der Waals surface area contributed by atoms with E-state index in [0.29, 0.717) is 19.3 Å². The molecule has 0 aromatic carbocycles. The molecule has 1 rings (SSSR count). The zero-order chi connectivity index (χ0) is 17.4. The van der Waals surface area contributed by atoms with Crippen molar-refractivity contribution in [3.63, 3.8) is 0 Å². The van der Waals surface area contributed by atoms with Gasteiger partial charge in [-0.25, -0.2) is 4.79 Å². The van der Waals surface area contributed by atoms with Crippen LogP contribution < -0.4 is 10.6 Å². The number of ether oxygens (including phenoxy) is 1. The summed E-state index contributed by atoms with van der Waals surface area (Å²) >= 11 is 0. The predicted octanol–water partition coefficient (Wildman–Crippen LogP) is 1.07. The molecule has 1 aliphatic heterocycles. The zero-order valence-corrected chi connectivity index (χ0v) is 14.1. The molecule has 23 heavy (non-hydrogen) atoms. The molecule has 0 saturated carbocycles. The molecule has 1 fully saturated rings. The highest BCUT2D eigenvalue weighted by Crippen LogP contribution is 2.22. The highest BCUT2D eigenvalue weighted by molar-refractivity contribution is 5.87. The van der Waals surface area contributed by atoms with Crippen LogP contribution in [0, 0.1) is 5.92 Å². The largest absolute Gasteiger partial charge is 0.480 e. The van der Waals surface area contributed by atoms with Crippen LogP contribution in [0.2, 0.25) is 0 Å². The van der Waals surface area contributed by atoms with E-state index in [1.165, 1.54) is 0 Å². The second-order valence-electron chi connectivity index (χ2n) is 6.55. The highest BCUT2D eigenvalue weighted by atomic mass is 16.5. The van der Waals surface area contributed by atoms with Gasteiger partial charge in [0.1, 0.15) is 6.04 Å². The summed E-state index contributed by atoms with van der Waals surface area (Å²) in [5, 5.41) is 14.0. The second kappa shape index (κ2) is 9.50. The molecule has 0 bridgehead atoms. The van der Waals surface area contributed by atoms with Gasteiger partial charge < -0.3 is 20.5 Å². The summed E-state index contributed by atoms with van der Waals surface area (Å²) in [6.07, 6.45) is 3.65. The first-order valence-electron chi connectivity index (χ1n) is 8.22. The van der Waals surface area contributed by atoms with Gasteiger partial charge in [-0.15, -0.1) is 0 Å². The van der Waals surface area contributed by atoms with E-state index in [9.17, 15) is 14.4 Å². The summed E-state index contributed by atoms with van der Waals surface area (Å²) in [4.78, 5) is 34.5. The van der Waals surface area contributed by atoms with Crippen LogP contribution in [-0.4, -0.2) is 47.7 Å². The maximum Gasteiger partial charge on any atom is 0.326 e. The molecular formula is C16H28N2O5. The molecule has 3 N–H and O–H groups in total. The van der Waals surface area contributed by atoms with E-state index >= 15 is 0 Å². The summed E-state index contributed by atoms with van der Waals surface area (Å²) in [7, 11) is 0. The Hall–Kier alpha value is -1.63. The normalized spacial score (nSPS) is 21.9. The first-order chi connectivity index (χ1) is 10.8. The van der Waals surface area contributed by atoms with Gasteiger partial charge in [0, 0.05) is 6.42 Å². The zero-order valence-electron chi connectivity index (χ0n) is 14.1. The standard InChI is InChI=1S/C16H28N2O5/c1-10(2)8-13(16(21)22)18-15(20)9-17-14(19)7-6-12-5-4-11(3)23-12/h10-13H,4-9H2,1-3H3,(H,17,19)(H,18,20)(H,21,22)/t11?,12?,13-/m0/s1. The van der Waals surface area contributed by atoms with Crippen molar-refractivity contribution in [2.24, 2.45) is 5.92 Å². The van der Waals surface area contributed by atoms with Gasteiger partial charge >= 0.3 is 5.97 Å². The molecule has 1 heterocycles. The molecule has 0 spiro atoms. The van der Waals surface area contributed by atoms with Crippen molar-refractivity contribution in [1.82, 2.24) is 10.6 Å². The fraction of sp³-hybridized carbons (Fsp3) is 0.812. The molecule has 0 aromatic heterocycles. The summed E-state index contributed by atoms with van der Waals surface area (Å²) in [6.45, 7) is 5.58. The maximum absolute atomic E-state index is 11.7. The quantitative estimate of drug-likeness (QED) is 0.587. The molecule has 132 valence electrons. The van der Waals surface area contributed by atoms with Crippen molar-refractivity contribution in [2.75, 3.05) is 6.54 Å². The highest BCUT2D eigenvalue weighted by Gasteiger charge is 2.23. The summed E-state index contributed by atoms with van der Waals surface area (Å²) < 4.78 is 5.63. The van der Waals surface area contributed by atoms with Gasteiger partial charge in [0.25, 0.3) is 0 Å². The van der Waals surface area contributed by atoms with E-state index in [-0.39, 0.29) is 30.6 Å². The topological polar surface area (TPSA) is 105 Å². The Balaban J connectivity index is 2.23. The molecule has 0 aliphatic carbocycles. The van der Waals surface area contributed by atoms with E-state index in [2.05, 4.69) is 10.6 Å². The minimum absolute atomic E-state index is 0.118. The number of amides is 2. The van der Waals surface area contributed by atoms with Crippen LogP contribution >= 0.6 is 0 Å². The number of aliphatic carboxylic acids is 1. The Morgan fingerprint density at radius 2 is 1.91 bits per heavy atom. The number of nitrogens with one attached hydrogen (secondary N) is 2. The van der Waals surface area contributed by atoms with Crippen LogP contribution in [0.5, 0.6) is 0 Å². The van der Waals surface area contributed by atoms with E-state index in [4.69, 9.17) is 9.84 Å². The van der Waals surface area contributed by atoms with Crippen molar-refractivity contribution in [3.05, 3.63) is 0 Å². The minimum atomic E-state index is -1.06. The fourth-order valence-electron chi connectivity index (χ4n) is 2.60. The molecule has 3 atom stereocenters. The monoisotopic (exact) mass is 328 g/mol. The SMILES string of the molecule is CC(C)C[C@H](NC(=O)CNC(=O)CCC1CCC(C)O1)C(=O)O. The van der Waals surface area contributed by atoms with Crippen molar-refractivity contribution in [1.29, 1.82) is 0 Å². The van der Waals surface area contributed by atoms with E-state index in [1.54, 1.807) is 0 Å². The van der Waals surface area contributed by atoms with Gasteiger partial charge in [0.2, 0.25) is 11.8 Å². The lowest BCUT2D eigenvalue weighted by atomic mass is 10.0. The lowest BCUT2D eigenvalue weighted by molar-refractivity contribution is -0.142. The fourth-order valence-corrected chi connectivity index (χ4v) is 2.60. The van der Waals surface area contributed by atoms with Gasteiger partial charge in [-0.1, -0.05) is 13.8 Å². The average Bonchev–Trinajstić information content (AvgIpc) is 2.87. The number of hydrogen-bond donors (Lipinski definition) is 3. The van der Waals surface area contributed by atoms with Gasteiger partial charge in [-0.3, -0.25) is 9.59 Å². The Morgan fingerprint density at radius 3 is 2.43 bits per heavy atom. The molecule has 7 nitrogen and oxygen atoms in total. The van der Waals surface area contributed by atoms with E-state index in [0.717, 1.165) is 12.8 Å². The molecule has 2 amide bonds. The van der Waals surface area contributed by atoms with Crippen LogP contribution in [-0.2, 0) is 19.1 Å². The molecular weight excluding hydrogens is 300 g/mol. The average molecular weight is 328 g/mol. The smallest absolute Gasteiger partial charge is 0.326 e. The van der Waals surface area contributed by atoms with Gasteiger partial charge in [0.15, 0.2) is 0 Å². The van der Waals surface area contributed by atoms with Crippen molar-refractivity contribution < 1.29 is 24.2 Å². The van der Waals surface area contributed by atoms with Crippen LogP contribution in [0.15, 0.2) is 0 Å². The third-order valence-electron chi connectivity index (χ3n) is 3.80. The molecule has 1 aliphatic rings. The number of carboxylic acid groups (broad SMARTS) is 1. The van der Waals surface area contributed by atoms with E-state index in [1.807, 2.05) is 20.8 Å². The molecule has 7 heteroatoms. The lowest BCUT2D eigenvalue weighted by Crippen LogP contribution is -2.46. The van der Waals surface area contributed by atoms with E-state index < -0.39 is 17.9 Å². The maximum atomic E-state index is 11.7.